The molecule has 7 heteroatoms. The minimum atomic E-state index is -3.91. The van der Waals surface area contributed by atoms with Gasteiger partial charge in [0.25, 0.3) is 10.0 Å². The minimum absolute atomic E-state index is 0.0442. The van der Waals surface area contributed by atoms with E-state index < -0.39 is 15.6 Å². The van der Waals surface area contributed by atoms with E-state index in [1.54, 1.807) is 30.3 Å². The fourth-order valence-corrected chi connectivity index (χ4v) is 4.40. The molecule has 0 spiro atoms. The molecular formula is C20H12N2O4S. The predicted molar refractivity (Wildman–Crippen MR) is 104 cm³/mol. The first-order valence-corrected chi connectivity index (χ1v) is 9.64. The van der Waals surface area contributed by atoms with Crippen molar-refractivity contribution in [1.82, 2.24) is 0 Å². The van der Waals surface area contributed by atoms with E-state index in [9.17, 15) is 13.2 Å². The van der Waals surface area contributed by atoms with Crippen LogP contribution >= 0.6 is 0 Å². The molecule has 0 aliphatic carbocycles. The molecule has 2 heterocycles. The minimum Gasteiger partial charge on any atom is -0.422 e. The molecule has 1 aliphatic rings. The molecule has 0 saturated carbocycles. The van der Waals surface area contributed by atoms with E-state index in [-0.39, 0.29) is 16.3 Å². The van der Waals surface area contributed by atoms with Crippen LogP contribution in [-0.2, 0) is 10.0 Å². The number of anilines is 1. The zero-order chi connectivity index (χ0) is 18.6. The van der Waals surface area contributed by atoms with E-state index in [0.717, 1.165) is 10.8 Å². The van der Waals surface area contributed by atoms with Gasteiger partial charge < -0.3 is 9.73 Å². The molecule has 3 aromatic carbocycles. The van der Waals surface area contributed by atoms with Crippen molar-refractivity contribution >= 4 is 43.3 Å². The standard InChI is InChI=1S/C20H12N2O4S/c23-20-15(19-21-16-7-3-4-8-18(16)27(24,25)22-19)11-14-13-6-2-1-5-12(13)9-10-17(14)26-20/h1-11H,(H,21,22). The molecular weight excluding hydrogens is 364 g/mol. The first kappa shape index (κ1) is 15.8. The van der Waals surface area contributed by atoms with Crippen LogP contribution in [0.2, 0.25) is 0 Å². The quantitative estimate of drug-likeness (QED) is 0.406. The largest absolute Gasteiger partial charge is 0.422 e. The summed E-state index contributed by atoms with van der Waals surface area (Å²) in [6.07, 6.45) is 0. The summed E-state index contributed by atoms with van der Waals surface area (Å²) in [5.41, 5.74) is 0.220. The maximum Gasteiger partial charge on any atom is 0.347 e. The van der Waals surface area contributed by atoms with Crippen molar-refractivity contribution in [2.45, 2.75) is 4.90 Å². The number of benzene rings is 3. The first-order valence-electron chi connectivity index (χ1n) is 8.20. The zero-order valence-corrected chi connectivity index (χ0v) is 14.7. The molecule has 132 valence electrons. The van der Waals surface area contributed by atoms with Gasteiger partial charge in [0.2, 0.25) is 0 Å². The van der Waals surface area contributed by atoms with Crippen LogP contribution in [0.15, 0.2) is 85.2 Å². The van der Waals surface area contributed by atoms with Gasteiger partial charge >= 0.3 is 5.63 Å². The summed E-state index contributed by atoms with van der Waals surface area (Å²) >= 11 is 0. The van der Waals surface area contributed by atoms with Crippen LogP contribution in [0, 0.1) is 0 Å². The molecule has 0 fully saturated rings. The van der Waals surface area contributed by atoms with Crippen LogP contribution in [-0.4, -0.2) is 14.3 Å². The highest BCUT2D eigenvalue weighted by molar-refractivity contribution is 7.90. The SMILES string of the molecule is O=c1oc2ccc3ccccc3c2cc1C1=NS(=O)(=O)c2ccccc2N1. The average Bonchev–Trinajstić information content (AvgIpc) is 2.67. The Hall–Kier alpha value is -3.45. The topological polar surface area (TPSA) is 88.7 Å². The van der Waals surface area contributed by atoms with E-state index in [2.05, 4.69) is 9.71 Å². The number of sulfonamides is 1. The third-order valence-electron chi connectivity index (χ3n) is 4.53. The molecule has 0 amide bonds. The lowest BCUT2D eigenvalue weighted by atomic mass is 10.0. The lowest BCUT2D eigenvalue weighted by Gasteiger charge is -2.17. The Balaban J connectivity index is 1.79. The van der Waals surface area contributed by atoms with Gasteiger partial charge in [-0.2, -0.15) is 8.42 Å². The fraction of sp³-hybridized carbons (Fsp3) is 0. The van der Waals surface area contributed by atoms with Crippen LogP contribution in [0.4, 0.5) is 5.69 Å². The number of rotatable bonds is 1. The maximum absolute atomic E-state index is 12.5. The molecule has 0 unspecified atom stereocenters. The van der Waals surface area contributed by atoms with Crippen LogP contribution < -0.4 is 10.9 Å². The smallest absolute Gasteiger partial charge is 0.347 e. The van der Waals surface area contributed by atoms with Crippen LogP contribution in [0.3, 0.4) is 0 Å². The second-order valence-electron chi connectivity index (χ2n) is 6.18. The Morgan fingerprint density at radius 2 is 1.67 bits per heavy atom. The molecule has 27 heavy (non-hydrogen) atoms. The van der Waals surface area contributed by atoms with Crippen LogP contribution in [0.25, 0.3) is 21.7 Å². The first-order chi connectivity index (χ1) is 13.0. The van der Waals surface area contributed by atoms with Crippen molar-refractivity contribution in [3.05, 3.63) is 82.7 Å². The number of nitrogens with zero attached hydrogens (tertiary/aromatic N) is 1. The van der Waals surface area contributed by atoms with Gasteiger partial charge in [-0.25, -0.2) is 4.79 Å². The molecule has 1 aliphatic heterocycles. The molecule has 0 saturated heterocycles. The number of amidine groups is 1. The van der Waals surface area contributed by atoms with Gasteiger partial charge in [-0.1, -0.05) is 42.5 Å². The van der Waals surface area contributed by atoms with E-state index in [0.29, 0.717) is 16.7 Å². The Bertz CT molecular complexity index is 1440. The van der Waals surface area contributed by atoms with Crippen molar-refractivity contribution in [2.75, 3.05) is 5.32 Å². The van der Waals surface area contributed by atoms with E-state index in [1.807, 2.05) is 30.3 Å². The molecule has 0 radical (unpaired) electrons. The van der Waals surface area contributed by atoms with Gasteiger partial charge in [0.1, 0.15) is 16.0 Å². The third kappa shape index (κ3) is 2.43. The molecule has 0 atom stereocenters. The highest BCUT2D eigenvalue weighted by atomic mass is 32.2. The molecule has 6 nitrogen and oxygen atoms in total. The normalized spacial score (nSPS) is 15.2. The molecule has 5 rings (SSSR count). The van der Waals surface area contributed by atoms with Gasteiger partial charge in [-0.15, -0.1) is 4.40 Å². The van der Waals surface area contributed by atoms with Crippen LogP contribution in [0.5, 0.6) is 0 Å². The Kier molecular flexibility index (Phi) is 3.23. The number of para-hydroxylation sites is 1. The maximum atomic E-state index is 12.5. The molecule has 0 bridgehead atoms. The van der Waals surface area contributed by atoms with Gasteiger partial charge in [0, 0.05) is 5.39 Å². The Labute approximate surface area is 153 Å². The second kappa shape index (κ2) is 5.52. The molecule has 4 aromatic rings. The summed E-state index contributed by atoms with van der Waals surface area (Å²) in [4.78, 5) is 12.6. The van der Waals surface area contributed by atoms with Crippen LogP contribution in [0.1, 0.15) is 5.56 Å². The van der Waals surface area contributed by atoms with Crippen molar-refractivity contribution in [2.24, 2.45) is 4.40 Å². The zero-order valence-electron chi connectivity index (χ0n) is 13.8. The highest BCUT2D eigenvalue weighted by Gasteiger charge is 2.27. The summed E-state index contributed by atoms with van der Waals surface area (Å²) in [5.74, 6) is -0.0442. The fourth-order valence-electron chi connectivity index (χ4n) is 3.27. The number of nitrogens with one attached hydrogen (secondary N) is 1. The summed E-state index contributed by atoms with van der Waals surface area (Å²) in [7, 11) is -3.91. The highest BCUT2D eigenvalue weighted by Crippen LogP contribution is 2.29. The number of fused-ring (bicyclic) bond motifs is 4. The Morgan fingerprint density at radius 3 is 2.56 bits per heavy atom. The van der Waals surface area contributed by atoms with E-state index >= 15 is 0 Å². The van der Waals surface area contributed by atoms with Gasteiger partial charge in [-0.05, 0) is 35.0 Å². The van der Waals surface area contributed by atoms with E-state index in [4.69, 9.17) is 4.42 Å². The Morgan fingerprint density at radius 1 is 0.889 bits per heavy atom. The molecule has 1 aromatic heterocycles. The average molecular weight is 376 g/mol. The van der Waals surface area contributed by atoms with Gasteiger partial charge in [-0.3, -0.25) is 0 Å². The third-order valence-corrected chi connectivity index (χ3v) is 5.86. The summed E-state index contributed by atoms with van der Waals surface area (Å²) in [6, 6.07) is 19.3. The van der Waals surface area contributed by atoms with Crippen molar-refractivity contribution in [1.29, 1.82) is 0 Å². The number of hydrogen-bond donors (Lipinski definition) is 1. The van der Waals surface area contributed by atoms with Gasteiger partial charge in [0.05, 0.1) is 5.69 Å². The second-order valence-corrected chi connectivity index (χ2v) is 7.75. The monoisotopic (exact) mass is 376 g/mol. The van der Waals surface area contributed by atoms with Gasteiger partial charge in [0.15, 0.2) is 5.84 Å². The van der Waals surface area contributed by atoms with E-state index in [1.165, 1.54) is 6.07 Å². The predicted octanol–water partition coefficient (Wildman–Crippen LogP) is 3.51. The number of hydrogen-bond acceptors (Lipinski definition) is 5. The summed E-state index contributed by atoms with van der Waals surface area (Å²) in [5, 5.41) is 5.53. The summed E-state index contributed by atoms with van der Waals surface area (Å²) in [6.45, 7) is 0. The van der Waals surface area contributed by atoms with Crippen molar-refractivity contribution in [3.63, 3.8) is 0 Å². The lowest BCUT2D eigenvalue weighted by molar-refractivity contribution is 0.560. The molecule has 1 N–H and O–H groups in total. The summed E-state index contributed by atoms with van der Waals surface area (Å²) < 4.78 is 34.2. The van der Waals surface area contributed by atoms with Crippen molar-refractivity contribution < 1.29 is 12.8 Å². The lowest BCUT2D eigenvalue weighted by Crippen LogP contribution is -2.27. The van der Waals surface area contributed by atoms with Crippen molar-refractivity contribution in [3.8, 4) is 0 Å².